The van der Waals surface area contributed by atoms with Crippen LogP contribution in [0.2, 0.25) is 0 Å². The Balaban J connectivity index is 0.00000722. The standard InChI is InChI=1S/C21H37N2O14.Y/c1-20(18(30)31)4-8(26)12(22)16(36-20)15(29)11(7-25)35-21(19(32)33)5-9(27)13(23-2)17(37-21)14(28)10(6-24)34-3;/h8-17,22-29H,4-7H2,1-3H3,(H,30,31)(H,32,33);/q-1;/t8?,9?,10-,11-,12?,13?,14-,15-,16?,17?,20?,21?;/m1./s1. The Morgan fingerprint density at radius 2 is 1.55 bits per heavy atom. The van der Waals surface area contributed by atoms with E-state index in [2.05, 4.69) is 5.32 Å². The second-order valence-corrected chi connectivity index (χ2v) is 9.42. The number of carboxylic acids is 2. The molecule has 2 heterocycles. The summed E-state index contributed by atoms with van der Waals surface area (Å²) in [7, 11) is 2.59. The summed E-state index contributed by atoms with van der Waals surface area (Å²) in [5.74, 6) is -6.05. The molecular formula is C21H37N2O14Y-. The molecule has 2 rings (SSSR count). The first-order valence-electron chi connectivity index (χ1n) is 11.6. The van der Waals surface area contributed by atoms with E-state index in [1.54, 1.807) is 0 Å². The average Bonchev–Trinajstić information content (AvgIpc) is 2.84. The number of hydrogen-bond acceptors (Lipinski definition) is 13. The number of rotatable bonds is 12. The molecule has 0 spiro atoms. The van der Waals surface area contributed by atoms with Crippen LogP contribution in [0, 0.1) is 0 Å². The van der Waals surface area contributed by atoms with E-state index in [4.69, 9.17) is 24.7 Å². The topological polar surface area (TPSA) is 269 Å². The zero-order chi connectivity index (χ0) is 28.3. The van der Waals surface area contributed by atoms with Crippen molar-refractivity contribution in [1.29, 1.82) is 0 Å². The third-order valence-corrected chi connectivity index (χ3v) is 6.89. The fourth-order valence-electron chi connectivity index (χ4n) is 4.66. The Morgan fingerprint density at radius 1 is 1.00 bits per heavy atom. The fourth-order valence-corrected chi connectivity index (χ4v) is 4.66. The molecule has 0 bridgehead atoms. The van der Waals surface area contributed by atoms with E-state index < -0.39 is 110 Å². The van der Waals surface area contributed by atoms with Crippen molar-refractivity contribution in [3.8, 4) is 0 Å². The Bertz CT molecular complexity index is 793. The van der Waals surface area contributed by atoms with E-state index in [0.717, 1.165) is 6.92 Å². The van der Waals surface area contributed by atoms with Gasteiger partial charge in [-0.15, -0.1) is 0 Å². The van der Waals surface area contributed by atoms with Crippen molar-refractivity contribution in [2.24, 2.45) is 0 Å². The van der Waals surface area contributed by atoms with E-state index in [9.17, 15) is 50.4 Å². The Hall–Kier alpha value is -0.436. The summed E-state index contributed by atoms with van der Waals surface area (Å²) >= 11 is 0. The van der Waals surface area contributed by atoms with Crippen LogP contribution in [-0.4, -0.2) is 152 Å². The molecule has 2 saturated heterocycles. The van der Waals surface area contributed by atoms with Gasteiger partial charge in [-0.25, -0.2) is 9.59 Å². The van der Waals surface area contributed by atoms with Gasteiger partial charge in [0.25, 0.3) is 5.79 Å². The van der Waals surface area contributed by atoms with Gasteiger partial charge in [0.2, 0.25) is 0 Å². The first-order valence-corrected chi connectivity index (χ1v) is 11.6. The molecule has 10 N–H and O–H groups in total. The van der Waals surface area contributed by atoms with Crippen molar-refractivity contribution >= 4 is 11.9 Å². The first kappa shape index (κ1) is 35.6. The van der Waals surface area contributed by atoms with Gasteiger partial charge in [-0.05, 0) is 14.0 Å². The van der Waals surface area contributed by atoms with Crippen molar-refractivity contribution in [3.63, 3.8) is 0 Å². The maximum Gasteiger partial charge on any atom is 0.364 e. The molecule has 1 radical (unpaired) electrons. The predicted molar refractivity (Wildman–Crippen MR) is 120 cm³/mol. The van der Waals surface area contributed by atoms with Crippen LogP contribution in [0.4, 0.5) is 0 Å². The number of aliphatic hydroxyl groups excluding tert-OH is 6. The summed E-state index contributed by atoms with van der Waals surface area (Å²) in [6.45, 7) is -0.630. The van der Waals surface area contributed by atoms with Crippen LogP contribution in [0.25, 0.3) is 5.73 Å². The minimum atomic E-state index is -2.76. The largest absolute Gasteiger partial charge is 0.670 e. The molecule has 0 aromatic rings. The zero-order valence-electron chi connectivity index (χ0n) is 21.2. The van der Waals surface area contributed by atoms with Gasteiger partial charge in [0.05, 0.1) is 31.5 Å². The third-order valence-electron chi connectivity index (χ3n) is 6.89. The van der Waals surface area contributed by atoms with Crippen molar-refractivity contribution in [2.75, 3.05) is 27.4 Å². The van der Waals surface area contributed by atoms with Gasteiger partial charge in [-0.1, -0.05) is 6.04 Å². The quantitative estimate of drug-likeness (QED) is 0.0995. The molecule has 0 aromatic carbocycles. The summed E-state index contributed by atoms with van der Waals surface area (Å²) in [6, 6.07) is -2.65. The van der Waals surface area contributed by atoms with Crippen molar-refractivity contribution in [1.82, 2.24) is 5.32 Å². The summed E-state index contributed by atoms with van der Waals surface area (Å²) in [6.07, 6.45) is -14.4. The number of aliphatic carboxylic acids is 2. The Kier molecular flexibility index (Phi) is 13.5. The minimum Gasteiger partial charge on any atom is -0.670 e. The molecule has 38 heavy (non-hydrogen) atoms. The second kappa shape index (κ2) is 14.5. The van der Waals surface area contributed by atoms with Gasteiger partial charge in [0.1, 0.15) is 30.5 Å². The maximum atomic E-state index is 12.4. The molecule has 8 unspecified atom stereocenters. The van der Waals surface area contributed by atoms with Crippen LogP contribution in [0.15, 0.2) is 0 Å². The van der Waals surface area contributed by atoms with Gasteiger partial charge in [0, 0.05) is 58.8 Å². The summed E-state index contributed by atoms with van der Waals surface area (Å²) in [5, 5.41) is 84.1. The number of aliphatic hydroxyl groups is 6. The molecule has 0 amide bonds. The summed E-state index contributed by atoms with van der Waals surface area (Å²) in [5.41, 5.74) is 6.13. The third kappa shape index (κ3) is 7.25. The zero-order valence-corrected chi connectivity index (χ0v) is 24.0. The smallest absolute Gasteiger partial charge is 0.364 e. The van der Waals surface area contributed by atoms with Gasteiger partial charge in [0.15, 0.2) is 5.60 Å². The molecule has 2 aliphatic heterocycles. The number of nitrogens with one attached hydrogen (secondary N) is 2. The van der Waals surface area contributed by atoms with Gasteiger partial charge < -0.3 is 70.9 Å². The van der Waals surface area contributed by atoms with E-state index >= 15 is 0 Å². The normalized spacial score (nSPS) is 38.9. The van der Waals surface area contributed by atoms with Gasteiger partial charge in [-0.3, -0.25) is 0 Å². The van der Waals surface area contributed by atoms with Crippen LogP contribution in [0.5, 0.6) is 0 Å². The van der Waals surface area contributed by atoms with Crippen LogP contribution in [0.3, 0.4) is 0 Å². The second-order valence-electron chi connectivity index (χ2n) is 9.42. The molecule has 17 heteroatoms. The summed E-state index contributed by atoms with van der Waals surface area (Å²) in [4.78, 5) is 24.0. The maximum absolute atomic E-state index is 12.4. The number of ether oxygens (including phenoxy) is 4. The van der Waals surface area contributed by atoms with Crippen LogP contribution in [0.1, 0.15) is 19.8 Å². The average molecular weight is 630 g/mol. The van der Waals surface area contributed by atoms with Crippen LogP contribution < -0.4 is 5.32 Å². The number of carboxylic acid groups (broad SMARTS) is 2. The van der Waals surface area contributed by atoms with Gasteiger partial charge in [-0.2, -0.15) is 0 Å². The predicted octanol–water partition coefficient (Wildman–Crippen LogP) is -3.98. The molecule has 2 aliphatic rings. The van der Waals surface area contributed by atoms with Crippen molar-refractivity contribution < 1.29 is 102 Å². The van der Waals surface area contributed by atoms with Crippen molar-refractivity contribution in [3.05, 3.63) is 5.73 Å². The molecule has 219 valence electrons. The fraction of sp³-hybridized carbons (Fsp3) is 0.905. The molecule has 12 atom stereocenters. The molecular weight excluding hydrogens is 593 g/mol. The molecule has 2 fully saturated rings. The van der Waals surface area contributed by atoms with Gasteiger partial charge >= 0.3 is 11.9 Å². The minimum absolute atomic E-state index is 0. The molecule has 16 nitrogen and oxygen atoms in total. The van der Waals surface area contributed by atoms with E-state index in [-0.39, 0.29) is 32.7 Å². The van der Waals surface area contributed by atoms with E-state index in [1.165, 1.54) is 14.2 Å². The van der Waals surface area contributed by atoms with E-state index in [1.807, 2.05) is 0 Å². The monoisotopic (exact) mass is 630 g/mol. The molecule has 0 saturated carbocycles. The van der Waals surface area contributed by atoms with E-state index in [0.29, 0.717) is 0 Å². The SMILES string of the molecule is CNC1C(O)CC(O[C@H](CO)[C@@H](O)C2OC(C)(C(=O)O)CC(O)C2[NH-])(C(=O)O)OC1[C@H](O)[C@@H](CO)OC.[Y]. The number of carbonyl (C=O) groups is 2. The Labute approximate surface area is 243 Å². The van der Waals surface area contributed by atoms with Crippen molar-refractivity contribution in [2.45, 2.75) is 92.1 Å². The number of hydrogen-bond donors (Lipinski definition) is 9. The molecule has 0 aromatic heterocycles. The van der Waals surface area contributed by atoms with Crippen LogP contribution in [-0.2, 0) is 61.2 Å². The number of likely N-dealkylation sites (N-methyl/N-ethyl adjacent to an activating group) is 1. The van der Waals surface area contributed by atoms with Crippen LogP contribution >= 0.6 is 0 Å². The molecule has 0 aliphatic carbocycles. The summed E-state index contributed by atoms with van der Waals surface area (Å²) < 4.78 is 21.5. The first-order chi connectivity index (χ1) is 17.2. The number of methoxy groups -OCH3 is 1. The Morgan fingerprint density at radius 3 is 2.00 bits per heavy atom.